The van der Waals surface area contributed by atoms with Crippen molar-refractivity contribution in [3.05, 3.63) is 83.4 Å². The van der Waals surface area contributed by atoms with Gasteiger partial charge in [-0.15, -0.1) is 0 Å². The summed E-state index contributed by atoms with van der Waals surface area (Å²) in [7, 11) is -2.43. The van der Waals surface area contributed by atoms with Gasteiger partial charge in [0.05, 0.1) is 30.3 Å². The van der Waals surface area contributed by atoms with Gasteiger partial charge < -0.3 is 14.8 Å². The maximum atomic E-state index is 13.6. The first-order chi connectivity index (χ1) is 16.7. The van der Waals surface area contributed by atoms with Gasteiger partial charge >= 0.3 is 0 Å². The lowest BCUT2D eigenvalue weighted by Gasteiger charge is -2.35. The Labute approximate surface area is 206 Å². The molecular weight excluding hydrogens is 464 g/mol. The molecule has 8 heteroatoms. The van der Waals surface area contributed by atoms with E-state index < -0.39 is 16.1 Å². The van der Waals surface area contributed by atoms with Crippen molar-refractivity contribution < 1.29 is 22.7 Å². The predicted molar refractivity (Wildman–Crippen MR) is 135 cm³/mol. The summed E-state index contributed by atoms with van der Waals surface area (Å²) in [5.74, 6) is 0.535. The minimum absolute atomic E-state index is 0.107. The van der Waals surface area contributed by atoms with Crippen molar-refractivity contribution in [3.63, 3.8) is 0 Å². The molecule has 4 rings (SSSR count). The van der Waals surface area contributed by atoms with E-state index in [9.17, 15) is 13.2 Å². The van der Waals surface area contributed by atoms with Crippen molar-refractivity contribution in [3.8, 4) is 11.5 Å². The van der Waals surface area contributed by atoms with Gasteiger partial charge in [0.1, 0.15) is 11.5 Å². The maximum Gasteiger partial charge on any atom is 0.264 e. The smallest absolute Gasteiger partial charge is 0.264 e. The van der Waals surface area contributed by atoms with Crippen LogP contribution >= 0.6 is 0 Å². The fraction of sp³-hybridized carbons (Fsp3) is 0.296. The van der Waals surface area contributed by atoms with E-state index in [1.807, 2.05) is 44.2 Å². The first kappa shape index (κ1) is 24.6. The van der Waals surface area contributed by atoms with Gasteiger partial charge in [0.2, 0.25) is 0 Å². The highest BCUT2D eigenvalue weighted by molar-refractivity contribution is 7.92. The van der Waals surface area contributed by atoms with Gasteiger partial charge in [0.15, 0.2) is 6.10 Å². The zero-order valence-corrected chi connectivity index (χ0v) is 21.1. The third-order valence-corrected chi connectivity index (χ3v) is 7.97. The molecule has 0 saturated heterocycles. The number of benzene rings is 3. The van der Waals surface area contributed by atoms with Crippen LogP contribution in [0.3, 0.4) is 0 Å². The molecule has 2 atom stereocenters. The summed E-state index contributed by atoms with van der Waals surface area (Å²) in [6, 6.07) is 19.3. The second kappa shape index (κ2) is 10.00. The SMILES string of the molecule is CCc1ccc([C@H](C)NC(=O)[C@H]2CN(S(=O)(=O)c3ccc(OC)cc3)c3ccc(C)cc3O2)cc1. The van der Waals surface area contributed by atoms with E-state index in [4.69, 9.17) is 9.47 Å². The lowest BCUT2D eigenvalue weighted by molar-refractivity contribution is -0.128. The Morgan fingerprint density at radius 2 is 1.80 bits per heavy atom. The molecule has 1 aliphatic rings. The molecule has 1 aliphatic heterocycles. The topological polar surface area (TPSA) is 84.9 Å². The lowest BCUT2D eigenvalue weighted by Crippen LogP contribution is -2.51. The van der Waals surface area contributed by atoms with Crippen LogP contribution in [-0.4, -0.2) is 34.1 Å². The Morgan fingerprint density at radius 3 is 2.43 bits per heavy atom. The third kappa shape index (κ3) is 5.12. The minimum atomic E-state index is -3.95. The summed E-state index contributed by atoms with van der Waals surface area (Å²) in [5, 5.41) is 2.97. The van der Waals surface area contributed by atoms with Crippen LogP contribution in [0.1, 0.15) is 36.6 Å². The molecule has 35 heavy (non-hydrogen) atoms. The van der Waals surface area contributed by atoms with E-state index in [1.165, 1.54) is 29.1 Å². The van der Waals surface area contributed by atoms with Gasteiger partial charge in [-0.3, -0.25) is 9.10 Å². The van der Waals surface area contributed by atoms with Gasteiger partial charge in [-0.1, -0.05) is 37.3 Å². The van der Waals surface area contributed by atoms with E-state index in [0.29, 0.717) is 17.2 Å². The largest absolute Gasteiger partial charge is 0.497 e. The van der Waals surface area contributed by atoms with Crippen LogP contribution in [0.5, 0.6) is 11.5 Å². The number of carbonyl (C=O) groups excluding carboxylic acids is 1. The number of hydrogen-bond acceptors (Lipinski definition) is 5. The van der Waals surface area contributed by atoms with Gasteiger partial charge in [0, 0.05) is 0 Å². The van der Waals surface area contributed by atoms with Crippen LogP contribution in [0.25, 0.3) is 0 Å². The number of anilines is 1. The van der Waals surface area contributed by atoms with Crippen molar-refractivity contribution in [2.75, 3.05) is 18.0 Å². The minimum Gasteiger partial charge on any atom is -0.497 e. The quantitative estimate of drug-likeness (QED) is 0.526. The van der Waals surface area contributed by atoms with Crippen molar-refractivity contribution in [2.24, 2.45) is 0 Å². The Bertz CT molecular complexity index is 1300. The molecule has 1 N–H and O–H groups in total. The average Bonchev–Trinajstić information content (AvgIpc) is 2.87. The van der Waals surface area contributed by atoms with Crippen LogP contribution in [0.15, 0.2) is 71.6 Å². The first-order valence-electron chi connectivity index (χ1n) is 11.6. The molecule has 0 aromatic heterocycles. The summed E-state index contributed by atoms with van der Waals surface area (Å²) < 4.78 is 39.6. The number of methoxy groups -OCH3 is 1. The Balaban J connectivity index is 1.61. The molecule has 1 heterocycles. The van der Waals surface area contributed by atoms with E-state index in [2.05, 4.69) is 12.2 Å². The van der Waals surface area contributed by atoms with Crippen LogP contribution in [0.4, 0.5) is 5.69 Å². The summed E-state index contributed by atoms with van der Waals surface area (Å²) >= 11 is 0. The van der Waals surface area contributed by atoms with Crippen LogP contribution < -0.4 is 19.1 Å². The highest BCUT2D eigenvalue weighted by atomic mass is 32.2. The molecular formula is C27H30N2O5S. The average molecular weight is 495 g/mol. The zero-order chi connectivity index (χ0) is 25.2. The van der Waals surface area contributed by atoms with Crippen molar-refractivity contribution in [2.45, 2.75) is 44.2 Å². The van der Waals surface area contributed by atoms with Gasteiger partial charge in [-0.2, -0.15) is 0 Å². The van der Waals surface area contributed by atoms with Crippen LogP contribution in [0, 0.1) is 6.92 Å². The van der Waals surface area contributed by atoms with E-state index in [0.717, 1.165) is 17.5 Å². The lowest BCUT2D eigenvalue weighted by atomic mass is 10.0. The second-order valence-corrected chi connectivity index (χ2v) is 10.5. The van der Waals surface area contributed by atoms with E-state index in [-0.39, 0.29) is 23.4 Å². The number of ether oxygens (including phenoxy) is 2. The number of sulfonamides is 1. The highest BCUT2D eigenvalue weighted by Crippen LogP contribution is 2.38. The van der Waals surface area contributed by atoms with Gasteiger partial charge in [-0.25, -0.2) is 8.42 Å². The molecule has 0 aliphatic carbocycles. The number of fused-ring (bicyclic) bond motifs is 1. The second-order valence-electron chi connectivity index (χ2n) is 8.61. The standard InChI is InChI=1S/C27H30N2O5S/c1-5-20-7-9-21(10-8-20)19(3)28-27(30)26-17-29(24-15-6-18(2)16-25(24)34-26)35(31,32)23-13-11-22(33-4)12-14-23/h6-16,19,26H,5,17H2,1-4H3,(H,28,30)/t19-,26+/m0/s1. The first-order valence-corrected chi connectivity index (χ1v) is 13.0. The Morgan fingerprint density at radius 1 is 1.11 bits per heavy atom. The monoisotopic (exact) mass is 494 g/mol. The Hall–Kier alpha value is -3.52. The van der Waals surface area contributed by atoms with Crippen LogP contribution in [0.2, 0.25) is 0 Å². The van der Waals surface area contributed by atoms with Gasteiger partial charge in [0.25, 0.3) is 15.9 Å². The molecule has 0 spiro atoms. The van der Waals surface area contributed by atoms with E-state index >= 15 is 0 Å². The molecule has 1 amide bonds. The fourth-order valence-corrected chi connectivity index (χ4v) is 5.51. The molecule has 3 aromatic rings. The normalized spacial score (nSPS) is 16.1. The molecule has 7 nitrogen and oxygen atoms in total. The molecule has 0 radical (unpaired) electrons. The molecule has 184 valence electrons. The number of nitrogens with zero attached hydrogens (tertiary/aromatic N) is 1. The molecule has 0 bridgehead atoms. The number of hydrogen-bond donors (Lipinski definition) is 1. The van der Waals surface area contributed by atoms with Gasteiger partial charge in [-0.05, 0) is 73.4 Å². The van der Waals surface area contributed by atoms with E-state index in [1.54, 1.807) is 24.3 Å². The molecule has 0 saturated carbocycles. The maximum absolute atomic E-state index is 13.6. The van der Waals surface area contributed by atoms with Crippen molar-refractivity contribution in [1.29, 1.82) is 0 Å². The third-order valence-electron chi connectivity index (χ3n) is 6.17. The van der Waals surface area contributed by atoms with Crippen molar-refractivity contribution >= 4 is 21.6 Å². The number of amides is 1. The summed E-state index contributed by atoms with van der Waals surface area (Å²) in [6.07, 6.45) is -0.0662. The number of rotatable bonds is 7. The Kier molecular flexibility index (Phi) is 7.03. The number of nitrogens with one attached hydrogen (secondary N) is 1. The van der Waals surface area contributed by atoms with Crippen LogP contribution in [-0.2, 0) is 21.2 Å². The highest BCUT2D eigenvalue weighted by Gasteiger charge is 2.38. The zero-order valence-electron chi connectivity index (χ0n) is 20.3. The summed E-state index contributed by atoms with van der Waals surface area (Å²) in [5.41, 5.74) is 3.48. The molecule has 3 aromatic carbocycles. The fourth-order valence-electron chi connectivity index (χ4n) is 4.03. The molecule has 0 unspecified atom stereocenters. The summed E-state index contributed by atoms with van der Waals surface area (Å²) in [4.78, 5) is 13.3. The number of aryl methyl sites for hydroxylation is 2. The molecule has 0 fully saturated rings. The predicted octanol–water partition coefficient (Wildman–Crippen LogP) is 4.40. The summed E-state index contributed by atoms with van der Waals surface area (Å²) in [6.45, 7) is 5.73. The number of carbonyl (C=O) groups is 1. The van der Waals surface area contributed by atoms with Crippen molar-refractivity contribution in [1.82, 2.24) is 5.32 Å².